The van der Waals surface area contributed by atoms with Crippen molar-refractivity contribution in [2.75, 3.05) is 7.11 Å². The van der Waals surface area contributed by atoms with Crippen LogP contribution in [0.1, 0.15) is 36.4 Å². The van der Waals surface area contributed by atoms with Crippen molar-refractivity contribution in [3.8, 4) is 5.75 Å². The van der Waals surface area contributed by atoms with Crippen LogP contribution in [0.5, 0.6) is 5.75 Å². The van der Waals surface area contributed by atoms with E-state index in [1.807, 2.05) is 48.5 Å². The number of rotatable bonds is 6. The molecule has 1 heterocycles. The number of aliphatic carboxylic acids is 1. The van der Waals surface area contributed by atoms with E-state index in [0.29, 0.717) is 6.42 Å². The van der Waals surface area contributed by atoms with E-state index in [-0.39, 0.29) is 24.8 Å². The van der Waals surface area contributed by atoms with Gasteiger partial charge in [0.15, 0.2) is 0 Å². The fourth-order valence-electron chi connectivity index (χ4n) is 2.97. The third kappa shape index (κ3) is 4.54. The van der Waals surface area contributed by atoms with E-state index >= 15 is 0 Å². The zero-order chi connectivity index (χ0) is 19.4. The zero-order valence-electron chi connectivity index (χ0n) is 14.8. The summed E-state index contributed by atoms with van der Waals surface area (Å²) >= 11 is 3.41. The van der Waals surface area contributed by atoms with Crippen molar-refractivity contribution in [3.05, 3.63) is 64.1 Å². The maximum absolute atomic E-state index is 12.6. The van der Waals surface area contributed by atoms with Gasteiger partial charge in [-0.3, -0.25) is 9.59 Å². The van der Waals surface area contributed by atoms with Gasteiger partial charge in [0.1, 0.15) is 5.75 Å². The average molecular weight is 431 g/mol. The van der Waals surface area contributed by atoms with Crippen molar-refractivity contribution in [3.63, 3.8) is 0 Å². The molecule has 1 aliphatic heterocycles. The Morgan fingerprint density at radius 3 is 2.41 bits per heavy atom. The fraction of sp³-hybridized carbons (Fsp3) is 0.250. The van der Waals surface area contributed by atoms with Crippen LogP contribution >= 0.6 is 15.9 Å². The highest BCUT2D eigenvalue weighted by Gasteiger charge is 2.33. The first-order valence-corrected chi connectivity index (χ1v) is 9.28. The second-order valence-electron chi connectivity index (χ2n) is 6.18. The fourth-order valence-corrected chi connectivity index (χ4v) is 3.24. The van der Waals surface area contributed by atoms with Crippen molar-refractivity contribution in [1.29, 1.82) is 0 Å². The molecule has 1 aliphatic rings. The summed E-state index contributed by atoms with van der Waals surface area (Å²) in [5.74, 6) is -0.549. The number of carbonyl (C=O) groups is 2. The van der Waals surface area contributed by atoms with Gasteiger partial charge in [0, 0.05) is 17.3 Å². The van der Waals surface area contributed by atoms with Gasteiger partial charge in [0.05, 0.1) is 25.3 Å². The number of nitrogens with zero attached hydrogens (tertiary/aromatic N) is 2. The Labute approximate surface area is 165 Å². The van der Waals surface area contributed by atoms with Crippen LogP contribution in [0, 0.1) is 0 Å². The lowest BCUT2D eigenvalue weighted by Crippen LogP contribution is -2.27. The molecule has 0 bridgehead atoms. The van der Waals surface area contributed by atoms with E-state index in [4.69, 9.17) is 9.84 Å². The molecular formula is C20H19BrN2O4. The topological polar surface area (TPSA) is 79.2 Å². The number of ether oxygens (including phenoxy) is 1. The zero-order valence-corrected chi connectivity index (χ0v) is 16.3. The molecule has 7 heteroatoms. The van der Waals surface area contributed by atoms with Crippen molar-refractivity contribution in [2.24, 2.45) is 5.10 Å². The van der Waals surface area contributed by atoms with E-state index in [9.17, 15) is 9.59 Å². The van der Waals surface area contributed by atoms with E-state index in [0.717, 1.165) is 27.1 Å². The Balaban J connectivity index is 1.88. The van der Waals surface area contributed by atoms with Crippen LogP contribution in [-0.2, 0) is 9.59 Å². The van der Waals surface area contributed by atoms with Gasteiger partial charge in [-0.25, -0.2) is 5.01 Å². The van der Waals surface area contributed by atoms with Gasteiger partial charge in [-0.2, -0.15) is 5.10 Å². The first-order chi connectivity index (χ1) is 13.0. The largest absolute Gasteiger partial charge is 0.497 e. The lowest BCUT2D eigenvalue weighted by Gasteiger charge is -2.22. The second kappa shape index (κ2) is 8.35. The van der Waals surface area contributed by atoms with Gasteiger partial charge in [-0.05, 0) is 47.5 Å². The predicted molar refractivity (Wildman–Crippen MR) is 105 cm³/mol. The summed E-state index contributed by atoms with van der Waals surface area (Å²) in [5, 5.41) is 14.8. The summed E-state index contributed by atoms with van der Waals surface area (Å²) in [7, 11) is 1.61. The molecule has 1 N–H and O–H groups in total. The molecule has 0 fully saturated rings. The van der Waals surface area contributed by atoms with Gasteiger partial charge in [0.2, 0.25) is 5.91 Å². The summed E-state index contributed by atoms with van der Waals surface area (Å²) in [5.41, 5.74) is 2.65. The minimum atomic E-state index is -0.998. The van der Waals surface area contributed by atoms with Gasteiger partial charge >= 0.3 is 5.97 Å². The average Bonchev–Trinajstić information content (AvgIpc) is 3.12. The number of methoxy groups -OCH3 is 1. The minimum Gasteiger partial charge on any atom is -0.497 e. The number of hydrogen-bond acceptors (Lipinski definition) is 4. The van der Waals surface area contributed by atoms with Crippen molar-refractivity contribution < 1.29 is 19.4 Å². The normalized spacial score (nSPS) is 16.1. The van der Waals surface area contributed by atoms with Crippen LogP contribution in [0.15, 0.2) is 58.1 Å². The highest BCUT2D eigenvalue weighted by Crippen LogP contribution is 2.34. The molecular weight excluding hydrogens is 412 g/mol. The first kappa shape index (κ1) is 19.1. The molecule has 27 heavy (non-hydrogen) atoms. The highest BCUT2D eigenvalue weighted by molar-refractivity contribution is 9.10. The third-order valence-electron chi connectivity index (χ3n) is 4.40. The second-order valence-corrected chi connectivity index (χ2v) is 7.09. The molecule has 1 amide bonds. The standard InChI is InChI=1S/C20H19BrN2O4/c1-27-16-8-4-13(5-9-16)17-12-18(14-2-6-15(21)7-3-14)23(22-17)19(24)10-11-20(25)26/h2-9,18H,10-12H2,1H3,(H,25,26)/t18-/m1/s1. The summed E-state index contributed by atoms with van der Waals surface area (Å²) in [6.45, 7) is 0. The summed E-state index contributed by atoms with van der Waals surface area (Å²) in [6, 6.07) is 15.0. The van der Waals surface area contributed by atoms with E-state index < -0.39 is 5.97 Å². The summed E-state index contributed by atoms with van der Waals surface area (Å²) < 4.78 is 6.13. The molecule has 0 spiro atoms. The molecule has 3 rings (SSSR count). The number of halogens is 1. The molecule has 0 saturated carbocycles. The van der Waals surface area contributed by atoms with Crippen molar-refractivity contribution in [2.45, 2.75) is 25.3 Å². The van der Waals surface area contributed by atoms with Crippen molar-refractivity contribution in [1.82, 2.24) is 5.01 Å². The van der Waals surface area contributed by atoms with Crippen LogP contribution in [0.3, 0.4) is 0 Å². The number of carboxylic acids is 1. The van der Waals surface area contributed by atoms with Crippen LogP contribution in [-0.4, -0.2) is 34.8 Å². The summed E-state index contributed by atoms with van der Waals surface area (Å²) in [6.07, 6.45) is 0.268. The number of carbonyl (C=O) groups excluding carboxylic acids is 1. The van der Waals surface area contributed by atoms with Gasteiger partial charge in [0.25, 0.3) is 0 Å². The molecule has 2 aromatic rings. The molecule has 0 saturated heterocycles. The van der Waals surface area contributed by atoms with Gasteiger partial charge < -0.3 is 9.84 Å². The van der Waals surface area contributed by atoms with E-state index in [1.54, 1.807) is 7.11 Å². The van der Waals surface area contributed by atoms with Crippen LogP contribution in [0.25, 0.3) is 0 Å². The Hall–Kier alpha value is -2.67. The third-order valence-corrected chi connectivity index (χ3v) is 4.93. The molecule has 0 aliphatic carbocycles. The monoisotopic (exact) mass is 430 g/mol. The number of hydrogen-bond donors (Lipinski definition) is 1. The lowest BCUT2D eigenvalue weighted by atomic mass is 9.98. The van der Waals surface area contributed by atoms with E-state index in [1.165, 1.54) is 5.01 Å². The van der Waals surface area contributed by atoms with Crippen molar-refractivity contribution >= 4 is 33.5 Å². The molecule has 1 atom stereocenters. The maximum Gasteiger partial charge on any atom is 0.303 e. The molecule has 140 valence electrons. The Bertz CT molecular complexity index is 863. The molecule has 6 nitrogen and oxygen atoms in total. The smallest absolute Gasteiger partial charge is 0.303 e. The molecule has 0 unspecified atom stereocenters. The number of hydrazone groups is 1. The maximum atomic E-state index is 12.6. The molecule has 0 aromatic heterocycles. The minimum absolute atomic E-state index is 0.0816. The Morgan fingerprint density at radius 1 is 1.15 bits per heavy atom. The van der Waals surface area contributed by atoms with Crippen LogP contribution < -0.4 is 4.74 Å². The number of benzene rings is 2. The number of carboxylic acid groups (broad SMARTS) is 1. The predicted octanol–water partition coefficient (Wildman–Crippen LogP) is 4.00. The summed E-state index contributed by atoms with van der Waals surface area (Å²) in [4.78, 5) is 23.4. The van der Waals surface area contributed by atoms with Gasteiger partial charge in [-0.1, -0.05) is 28.1 Å². The SMILES string of the molecule is COc1ccc(C2=NN(C(=O)CCC(=O)O)[C@@H](c3ccc(Br)cc3)C2)cc1. The quantitative estimate of drug-likeness (QED) is 0.750. The lowest BCUT2D eigenvalue weighted by molar-refractivity contribution is -0.141. The molecule has 2 aromatic carbocycles. The Kier molecular flexibility index (Phi) is 5.91. The van der Waals surface area contributed by atoms with E-state index in [2.05, 4.69) is 21.0 Å². The molecule has 0 radical (unpaired) electrons. The van der Waals surface area contributed by atoms with Crippen LogP contribution in [0.2, 0.25) is 0 Å². The first-order valence-electron chi connectivity index (χ1n) is 8.49. The van der Waals surface area contributed by atoms with Crippen LogP contribution in [0.4, 0.5) is 0 Å². The highest BCUT2D eigenvalue weighted by atomic mass is 79.9. The Morgan fingerprint density at radius 2 is 1.81 bits per heavy atom. The van der Waals surface area contributed by atoms with Gasteiger partial charge in [-0.15, -0.1) is 0 Å². The number of amides is 1.